The summed E-state index contributed by atoms with van der Waals surface area (Å²) in [6.07, 6.45) is 7.95. The van der Waals surface area contributed by atoms with Gasteiger partial charge in [0.05, 0.1) is 18.1 Å². The molecule has 0 amide bonds. The van der Waals surface area contributed by atoms with Crippen molar-refractivity contribution in [2.24, 2.45) is 0 Å². The Morgan fingerprint density at radius 1 is 1.53 bits per heavy atom. The SMILES string of the molecule is CC(C)OCCCNCc1cncn1C1CC1. The van der Waals surface area contributed by atoms with Gasteiger partial charge in [0.25, 0.3) is 0 Å². The van der Waals surface area contributed by atoms with Crippen molar-refractivity contribution in [2.45, 2.75) is 51.8 Å². The van der Waals surface area contributed by atoms with E-state index in [1.807, 2.05) is 12.5 Å². The first-order valence-electron chi connectivity index (χ1n) is 6.60. The number of nitrogens with one attached hydrogen (secondary N) is 1. The molecule has 0 radical (unpaired) electrons. The van der Waals surface area contributed by atoms with Gasteiger partial charge in [0.15, 0.2) is 0 Å². The van der Waals surface area contributed by atoms with Crippen LogP contribution in [0.25, 0.3) is 0 Å². The van der Waals surface area contributed by atoms with Crippen LogP contribution in [0.2, 0.25) is 0 Å². The van der Waals surface area contributed by atoms with Crippen LogP contribution in [0.5, 0.6) is 0 Å². The summed E-state index contributed by atoms with van der Waals surface area (Å²) in [6, 6.07) is 0.721. The Hall–Kier alpha value is -0.870. The molecule has 2 rings (SSSR count). The maximum atomic E-state index is 5.49. The van der Waals surface area contributed by atoms with Crippen molar-refractivity contribution in [2.75, 3.05) is 13.2 Å². The summed E-state index contributed by atoms with van der Waals surface area (Å²) in [6.45, 7) is 6.90. The molecular weight excluding hydrogens is 214 g/mol. The fourth-order valence-corrected chi connectivity index (χ4v) is 1.88. The summed E-state index contributed by atoms with van der Waals surface area (Å²) in [5.41, 5.74) is 1.30. The molecule has 0 atom stereocenters. The van der Waals surface area contributed by atoms with Crippen LogP contribution in [0.4, 0.5) is 0 Å². The summed E-state index contributed by atoms with van der Waals surface area (Å²) in [4.78, 5) is 4.22. The number of nitrogens with zero attached hydrogens (tertiary/aromatic N) is 2. The second kappa shape index (κ2) is 6.17. The van der Waals surface area contributed by atoms with Gasteiger partial charge in [-0.1, -0.05) is 0 Å². The van der Waals surface area contributed by atoms with Crippen LogP contribution >= 0.6 is 0 Å². The molecular formula is C13H23N3O. The summed E-state index contributed by atoms with van der Waals surface area (Å²) in [5, 5.41) is 3.44. The fraction of sp³-hybridized carbons (Fsp3) is 0.769. The van der Waals surface area contributed by atoms with Crippen molar-refractivity contribution in [3.05, 3.63) is 18.2 Å². The number of imidazole rings is 1. The highest BCUT2D eigenvalue weighted by atomic mass is 16.5. The highest BCUT2D eigenvalue weighted by molar-refractivity contribution is 5.03. The average molecular weight is 237 g/mol. The summed E-state index contributed by atoms with van der Waals surface area (Å²) in [7, 11) is 0. The monoisotopic (exact) mass is 237 g/mol. The van der Waals surface area contributed by atoms with Gasteiger partial charge in [-0.3, -0.25) is 0 Å². The van der Waals surface area contributed by atoms with Gasteiger partial charge < -0.3 is 14.6 Å². The fourth-order valence-electron chi connectivity index (χ4n) is 1.88. The predicted molar refractivity (Wildman–Crippen MR) is 67.9 cm³/mol. The smallest absolute Gasteiger partial charge is 0.0951 e. The highest BCUT2D eigenvalue weighted by Gasteiger charge is 2.24. The van der Waals surface area contributed by atoms with Crippen LogP contribution in [0, 0.1) is 0 Å². The topological polar surface area (TPSA) is 39.1 Å². The third-order valence-corrected chi connectivity index (χ3v) is 2.94. The lowest BCUT2D eigenvalue weighted by molar-refractivity contribution is 0.0770. The Morgan fingerprint density at radius 3 is 3.06 bits per heavy atom. The zero-order valence-electron chi connectivity index (χ0n) is 10.9. The Balaban J connectivity index is 1.59. The second-order valence-electron chi connectivity index (χ2n) is 4.97. The quantitative estimate of drug-likeness (QED) is 0.704. The minimum atomic E-state index is 0.339. The molecule has 1 N–H and O–H groups in total. The van der Waals surface area contributed by atoms with E-state index in [0.717, 1.165) is 32.2 Å². The number of hydrogen-bond donors (Lipinski definition) is 1. The molecule has 1 aliphatic rings. The number of hydrogen-bond acceptors (Lipinski definition) is 3. The van der Waals surface area contributed by atoms with E-state index in [-0.39, 0.29) is 0 Å². The van der Waals surface area contributed by atoms with Gasteiger partial charge in [-0.15, -0.1) is 0 Å². The Bertz CT molecular complexity index is 331. The molecule has 1 aromatic heterocycles. The number of ether oxygens (including phenoxy) is 1. The second-order valence-corrected chi connectivity index (χ2v) is 4.97. The molecule has 1 aliphatic carbocycles. The first kappa shape index (κ1) is 12.6. The maximum Gasteiger partial charge on any atom is 0.0951 e. The van der Waals surface area contributed by atoms with E-state index in [0.29, 0.717) is 6.10 Å². The lowest BCUT2D eigenvalue weighted by Crippen LogP contribution is -2.19. The van der Waals surface area contributed by atoms with E-state index in [2.05, 4.69) is 28.7 Å². The van der Waals surface area contributed by atoms with E-state index >= 15 is 0 Å². The normalized spacial score (nSPS) is 15.7. The van der Waals surface area contributed by atoms with Crippen LogP contribution in [-0.2, 0) is 11.3 Å². The lowest BCUT2D eigenvalue weighted by Gasteiger charge is -2.09. The minimum absolute atomic E-state index is 0.339. The predicted octanol–water partition coefficient (Wildman–Crippen LogP) is 2.12. The molecule has 17 heavy (non-hydrogen) atoms. The van der Waals surface area contributed by atoms with Crippen LogP contribution < -0.4 is 5.32 Å². The third kappa shape index (κ3) is 4.13. The number of rotatable bonds is 8. The van der Waals surface area contributed by atoms with Crippen LogP contribution in [-0.4, -0.2) is 28.8 Å². The Labute approximate surface area is 103 Å². The van der Waals surface area contributed by atoms with Crippen molar-refractivity contribution in [1.82, 2.24) is 14.9 Å². The first-order chi connectivity index (χ1) is 8.27. The Kier molecular flexibility index (Phi) is 4.57. The minimum Gasteiger partial charge on any atom is -0.379 e. The van der Waals surface area contributed by atoms with E-state index < -0.39 is 0 Å². The molecule has 1 fully saturated rings. The molecule has 1 aromatic rings. The summed E-state index contributed by atoms with van der Waals surface area (Å²) < 4.78 is 7.80. The molecule has 0 bridgehead atoms. The molecule has 0 saturated heterocycles. The van der Waals surface area contributed by atoms with Crippen molar-refractivity contribution >= 4 is 0 Å². The average Bonchev–Trinajstić information content (AvgIpc) is 3.03. The van der Waals surface area contributed by atoms with Gasteiger partial charge in [-0.2, -0.15) is 0 Å². The molecule has 0 aliphatic heterocycles. The van der Waals surface area contributed by atoms with Crippen molar-refractivity contribution in [3.63, 3.8) is 0 Å². The van der Waals surface area contributed by atoms with Crippen LogP contribution in [0.1, 0.15) is 44.8 Å². The molecule has 4 nitrogen and oxygen atoms in total. The third-order valence-electron chi connectivity index (χ3n) is 2.94. The molecule has 96 valence electrons. The zero-order valence-corrected chi connectivity index (χ0v) is 10.9. The van der Waals surface area contributed by atoms with Crippen molar-refractivity contribution in [1.29, 1.82) is 0 Å². The largest absolute Gasteiger partial charge is 0.379 e. The summed E-state index contributed by atoms with van der Waals surface area (Å²) >= 11 is 0. The van der Waals surface area contributed by atoms with Gasteiger partial charge in [0.1, 0.15) is 0 Å². The highest BCUT2D eigenvalue weighted by Crippen LogP contribution is 2.35. The van der Waals surface area contributed by atoms with Gasteiger partial charge in [0, 0.05) is 25.4 Å². The van der Waals surface area contributed by atoms with E-state index in [9.17, 15) is 0 Å². The standard InChI is InChI=1S/C13H23N3O/c1-11(2)17-7-3-6-14-8-13-9-15-10-16(13)12-4-5-12/h9-12,14H,3-8H2,1-2H3. The molecule has 0 unspecified atom stereocenters. The van der Waals surface area contributed by atoms with Gasteiger partial charge in [0.2, 0.25) is 0 Å². The molecule has 4 heteroatoms. The van der Waals surface area contributed by atoms with Gasteiger partial charge in [-0.05, 0) is 39.7 Å². The van der Waals surface area contributed by atoms with E-state index in [1.54, 1.807) is 0 Å². The lowest BCUT2D eigenvalue weighted by atomic mass is 10.4. The maximum absolute atomic E-state index is 5.49. The van der Waals surface area contributed by atoms with E-state index in [1.165, 1.54) is 18.5 Å². The van der Waals surface area contributed by atoms with E-state index in [4.69, 9.17) is 4.74 Å². The number of aromatic nitrogens is 2. The molecule has 0 spiro atoms. The zero-order chi connectivity index (χ0) is 12.1. The Morgan fingerprint density at radius 2 is 2.35 bits per heavy atom. The molecule has 1 heterocycles. The molecule has 1 saturated carbocycles. The van der Waals surface area contributed by atoms with Crippen LogP contribution in [0.15, 0.2) is 12.5 Å². The first-order valence-corrected chi connectivity index (χ1v) is 6.60. The van der Waals surface area contributed by atoms with Crippen molar-refractivity contribution < 1.29 is 4.74 Å². The summed E-state index contributed by atoms with van der Waals surface area (Å²) in [5.74, 6) is 0. The van der Waals surface area contributed by atoms with Gasteiger partial charge in [-0.25, -0.2) is 4.98 Å². The van der Waals surface area contributed by atoms with Crippen molar-refractivity contribution in [3.8, 4) is 0 Å². The molecule has 0 aromatic carbocycles. The van der Waals surface area contributed by atoms with Crippen LogP contribution in [0.3, 0.4) is 0 Å². The van der Waals surface area contributed by atoms with Gasteiger partial charge >= 0.3 is 0 Å².